The Morgan fingerprint density at radius 3 is 2.86 bits per heavy atom. The summed E-state index contributed by atoms with van der Waals surface area (Å²) in [5.74, 6) is -0.0669. The number of carboxylic acid groups (broad SMARTS) is 1. The number of ether oxygens (including phenoxy) is 1. The lowest BCUT2D eigenvalue weighted by Crippen LogP contribution is -2.49. The molecule has 1 aliphatic heterocycles. The summed E-state index contributed by atoms with van der Waals surface area (Å²) < 4.78 is 5.21. The number of rotatable bonds is 11. The van der Waals surface area contributed by atoms with Gasteiger partial charge in [-0.05, 0) is 64.6 Å². The van der Waals surface area contributed by atoms with Gasteiger partial charge in [0, 0.05) is 13.7 Å². The van der Waals surface area contributed by atoms with E-state index in [4.69, 9.17) is 4.74 Å². The number of likely N-dealkylation sites (tertiary alicyclic amines) is 1. The Balaban J connectivity index is 2.21. The minimum Gasteiger partial charge on any atom is -0.480 e. The van der Waals surface area contributed by atoms with E-state index in [2.05, 4.69) is 17.1 Å². The molecule has 0 amide bonds. The van der Waals surface area contributed by atoms with E-state index in [0.29, 0.717) is 12.3 Å². The second kappa shape index (κ2) is 9.38. The van der Waals surface area contributed by atoms with Gasteiger partial charge in [-0.25, -0.2) is 0 Å². The maximum atomic E-state index is 11.4. The molecule has 0 spiro atoms. The molecule has 2 atom stereocenters. The molecule has 0 aliphatic carbocycles. The fourth-order valence-electron chi connectivity index (χ4n) is 2.97. The number of methoxy groups -OCH3 is 1. The Hall–Kier alpha value is -0.650. The van der Waals surface area contributed by atoms with E-state index >= 15 is 0 Å². The third-order valence-electron chi connectivity index (χ3n) is 4.41. The van der Waals surface area contributed by atoms with Crippen LogP contribution in [0.1, 0.15) is 46.0 Å². The van der Waals surface area contributed by atoms with Crippen LogP contribution in [-0.2, 0) is 9.53 Å². The first kappa shape index (κ1) is 18.4. The summed E-state index contributed by atoms with van der Waals surface area (Å²) in [6.45, 7) is 8.82. The van der Waals surface area contributed by atoms with Gasteiger partial charge in [-0.3, -0.25) is 4.79 Å². The van der Waals surface area contributed by atoms with Crippen LogP contribution in [0.5, 0.6) is 0 Å². The average Bonchev–Trinajstić information content (AvgIpc) is 2.89. The molecule has 1 fully saturated rings. The van der Waals surface area contributed by atoms with Crippen molar-refractivity contribution in [2.24, 2.45) is 5.92 Å². The molecule has 0 bridgehead atoms. The average molecular weight is 300 g/mol. The predicted octanol–water partition coefficient (Wildman–Crippen LogP) is 1.97. The van der Waals surface area contributed by atoms with Crippen LogP contribution < -0.4 is 5.32 Å². The zero-order valence-corrected chi connectivity index (χ0v) is 13.9. The van der Waals surface area contributed by atoms with Crippen molar-refractivity contribution < 1.29 is 14.6 Å². The van der Waals surface area contributed by atoms with Gasteiger partial charge in [0.1, 0.15) is 5.54 Å². The molecule has 0 aromatic heterocycles. The molecular weight excluding hydrogens is 268 g/mol. The predicted molar refractivity (Wildman–Crippen MR) is 84.6 cm³/mol. The first-order chi connectivity index (χ1) is 10.0. The molecule has 124 valence electrons. The van der Waals surface area contributed by atoms with Crippen LogP contribution in [0.4, 0.5) is 0 Å². The van der Waals surface area contributed by atoms with Crippen molar-refractivity contribution in [3.63, 3.8) is 0 Å². The first-order valence-corrected chi connectivity index (χ1v) is 8.21. The summed E-state index contributed by atoms with van der Waals surface area (Å²) in [7, 11) is 1.76. The second-order valence-corrected chi connectivity index (χ2v) is 6.43. The number of aliphatic carboxylic acids is 1. The Labute approximate surface area is 129 Å². The van der Waals surface area contributed by atoms with Crippen molar-refractivity contribution in [1.29, 1.82) is 0 Å². The van der Waals surface area contributed by atoms with Gasteiger partial charge in [-0.15, -0.1) is 0 Å². The maximum Gasteiger partial charge on any atom is 0.323 e. The summed E-state index contributed by atoms with van der Waals surface area (Å²) in [6.07, 6.45) is 4.88. The summed E-state index contributed by atoms with van der Waals surface area (Å²) in [5.41, 5.74) is -0.778. The second-order valence-electron chi connectivity index (χ2n) is 6.43. The van der Waals surface area contributed by atoms with Crippen LogP contribution in [0, 0.1) is 5.92 Å². The number of carboxylic acids is 1. The number of hydrogen-bond acceptors (Lipinski definition) is 4. The van der Waals surface area contributed by atoms with Crippen LogP contribution in [0.2, 0.25) is 0 Å². The highest BCUT2D eigenvalue weighted by Gasteiger charge is 2.31. The largest absolute Gasteiger partial charge is 0.480 e. The molecule has 5 heteroatoms. The fraction of sp³-hybridized carbons (Fsp3) is 0.938. The van der Waals surface area contributed by atoms with E-state index in [1.165, 1.54) is 6.42 Å². The van der Waals surface area contributed by atoms with Gasteiger partial charge in [0.15, 0.2) is 0 Å². The molecular formula is C16H32N2O3. The standard InChI is InChI=1S/C16H32N2O3/c1-4-9-17-16(2,15(19)20)8-5-6-10-18-11-7-14(12-18)13-21-3/h14,17H,4-13H2,1-3H3,(H,19,20). The number of nitrogens with one attached hydrogen (secondary N) is 1. The van der Waals surface area contributed by atoms with E-state index in [0.717, 1.165) is 52.0 Å². The SMILES string of the molecule is CCCNC(C)(CCCCN1CCC(COC)C1)C(=O)O. The highest BCUT2D eigenvalue weighted by molar-refractivity contribution is 5.78. The smallest absolute Gasteiger partial charge is 0.323 e. The number of hydrogen-bond donors (Lipinski definition) is 2. The number of carbonyl (C=O) groups is 1. The minimum atomic E-state index is -0.778. The third-order valence-corrected chi connectivity index (χ3v) is 4.41. The molecule has 1 heterocycles. The highest BCUT2D eigenvalue weighted by Crippen LogP contribution is 2.19. The summed E-state index contributed by atoms with van der Waals surface area (Å²) in [4.78, 5) is 13.9. The topological polar surface area (TPSA) is 61.8 Å². The summed E-state index contributed by atoms with van der Waals surface area (Å²) >= 11 is 0. The number of nitrogens with zero attached hydrogens (tertiary/aromatic N) is 1. The molecule has 2 N–H and O–H groups in total. The van der Waals surface area contributed by atoms with Gasteiger partial charge in [0.2, 0.25) is 0 Å². The van der Waals surface area contributed by atoms with Gasteiger partial charge >= 0.3 is 5.97 Å². The zero-order chi connectivity index (χ0) is 15.7. The Morgan fingerprint density at radius 1 is 1.48 bits per heavy atom. The Morgan fingerprint density at radius 2 is 2.24 bits per heavy atom. The van der Waals surface area contributed by atoms with Crippen LogP contribution >= 0.6 is 0 Å². The lowest BCUT2D eigenvalue weighted by Gasteiger charge is -2.26. The van der Waals surface area contributed by atoms with Crippen LogP contribution in [0.25, 0.3) is 0 Å². The van der Waals surface area contributed by atoms with Gasteiger partial charge < -0.3 is 20.1 Å². The molecule has 0 radical (unpaired) electrons. The Bertz CT molecular complexity index is 312. The van der Waals surface area contributed by atoms with Crippen molar-refractivity contribution in [3.05, 3.63) is 0 Å². The van der Waals surface area contributed by atoms with E-state index in [1.807, 2.05) is 0 Å². The minimum absolute atomic E-state index is 0.672. The van der Waals surface area contributed by atoms with E-state index in [9.17, 15) is 9.90 Å². The molecule has 21 heavy (non-hydrogen) atoms. The van der Waals surface area contributed by atoms with Crippen molar-refractivity contribution >= 4 is 5.97 Å². The van der Waals surface area contributed by atoms with E-state index < -0.39 is 11.5 Å². The normalized spacial score (nSPS) is 22.3. The molecule has 1 saturated heterocycles. The molecule has 0 aromatic rings. The zero-order valence-electron chi connectivity index (χ0n) is 13.9. The monoisotopic (exact) mass is 300 g/mol. The summed E-state index contributed by atoms with van der Waals surface area (Å²) in [5, 5.41) is 12.5. The van der Waals surface area contributed by atoms with E-state index in [-0.39, 0.29) is 0 Å². The first-order valence-electron chi connectivity index (χ1n) is 8.21. The van der Waals surface area contributed by atoms with Gasteiger partial charge in [0.25, 0.3) is 0 Å². The molecule has 5 nitrogen and oxygen atoms in total. The van der Waals surface area contributed by atoms with Crippen LogP contribution in [0.3, 0.4) is 0 Å². The van der Waals surface area contributed by atoms with Gasteiger partial charge in [-0.1, -0.05) is 6.92 Å². The van der Waals surface area contributed by atoms with E-state index in [1.54, 1.807) is 14.0 Å². The van der Waals surface area contributed by atoms with Crippen LogP contribution in [-0.4, -0.2) is 61.4 Å². The quantitative estimate of drug-likeness (QED) is 0.571. The molecule has 1 rings (SSSR count). The molecule has 2 unspecified atom stereocenters. The number of unbranched alkanes of at least 4 members (excludes halogenated alkanes) is 1. The van der Waals surface area contributed by atoms with Crippen molar-refractivity contribution in [2.45, 2.75) is 51.5 Å². The molecule has 0 aromatic carbocycles. The third kappa shape index (κ3) is 6.32. The maximum absolute atomic E-state index is 11.4. The lowest BCUT2D eigenvalue weighted by atomic mass is 9.94. The van der Waals surface area contributed by atoms with Gasteiger partial charge in [0.05, 0.1) is 6.61 Å². The van der Waals surface area contributed by atoms with Gasteiger partial charge in [-0.2, -0.15) is 0 Å². The molecule has 0 saturated carbocycles. The van der Waals surface area contributed by atoms with Crippen molar-refractivity contribution in [3.8, 4) is 0 Å². The molecule has 1 aliphatic rings. The highest BCUT2D eigenvalue weighted by atomic mass is 16.5. The Kier molecular flexibility index (Phi) is 8.22. The lowest BCUT2D eigenvalue weighted by molar-refractivity contribution is -0.144. The summed E-state index contributed by atoms with van der Waals surface area (Å²) in [6, 6.07) is 0. The van der Waals surface area contributed by atoms with Crippen LogP contribution in [0.15, 0.2) is 0 Å². The van der Waals surface area contributed by atoms with Crippen molar-refractivity contribution in [2.75, 3.05) is 39.9 Å². The fourth-order valence-corrected chi connectivity index (χ4v) is 2.97. The van der Waals surface area contributed by atoms with Crippen molar-refractivity contribution in [1.82, 2.24) is 10.2 Å².